The summed E-state index contributed by atoms with van der Waals surface area (Å²) in [5.74, 6) is 0.104. The first-order valence-corrected chi connectivity index (χ1v) is 7.60. The topological polar surface area (TPSA) is 48.4 Å². The molecule has 0 radical (unpaired) electrons. The number of aryl methyl sites for hydroxylation is 2. The van der Waals surface area contributed by atoms with Crippen LogP contribution in [0.4, 0.5) is 5.69 Å². The van der Waals surface area contributed by atoms with E-state index in [0.29, 0.717) is 10.6 Å². The highest BCUT2D eigenvalue weighted by Gasteiger charge is 2.10. The van der Waals surface area contributed by atoms with E-state index in [9.17, 15) is 5.11 Å². The van der Waals surface area contributed by atoms with E-state index in [2.05, 4.69) is 23.0 Å². The molecule has 3 nitrogen and oxygen atoms in total. The van der Waals surface area contributed by atoms with Gasteiger partial charge >= 0.3 is 0 Å². The number of fused-ring (bicyclic) bond motifs is 1. The zero-order chi connectivity index (χ0) is 15.7. The number of aliphatic imine (C=N–C) groups is 1. The Balaban J connectivity index is 2.11. The predicted octanol–water partition coefficient (Wildman–Crippen LogP) is 5.15. The molecule has 0 saturated heterocycles. The lowest BCUT2D eigenvalue weighted by molar-refractivity contribution is 0.457. The summed E-state index contributed by atoms with van der Waals surface area (Å²) in [6.45, 7) is 4.15. The van der Waals surface area contributed by atoms with Crippen molar-refractivity contribution in [3.8, 4) is 5.88 Å². The van der Waals surface area contributed by atoms with Gasteiger partial charge in [-0.05, 0) is 42.7 Å². The average molecular weight is 313 g/mol. The van der Waals surface area contributed by atoms with Gasteiger partial charge in [-0.1, -0.05) is 36.7 Å². The first-order valence-electron chi connectivity index (χ1n) is 7.23. The van der Waals surface area contributed by atoms with E-state index in [1.165, 1.54) is 5.56 Å². The van der Waals surface area contributed by atoms with Gasteiger partial charge in [0.05, 0.1) is 11.3 Å². The Morgan fingerprint density at radius 2 is 2.09 bits per heavy atom. The second-order valence-electron chi connectivity index (χ2n) is 5.27. The van der Waals surface area contributed by atoms with Crippen molar-refractivity contribution in [1.29, 1.82) is 0 Å². The molecule has 0 aliphatic carbocycles. The summed E-state index contributed by atoms with van der Waals surface area (Å²) in [6.07, 6.45) is 2.62. The fraction of sp³-hybridized carbons (Fsp3) is 0.167. The average Bonchev–Trinajstić information content (AvgIpc) is 2.81. The van der Waals surface area contributed by atoms with Gasteiger partial charge in [-0.25, -0.2) is 0 Å². The molecule has 0 saturated carbocycles. The van der Waals surface area contributed by atoms with E-state index in [-0.39, 0.29) is 5.88 Å². The maximum Gasteiger partial charge on any atom is 0.198 e. The zero-order valence-corrected chi connectivity index (χ0v) is 13.3. The second kappa shape index (κ2) is 5.85. The highest BCUT2D eigenvalue weighted by molar-refractivity contribution is 6.31. The number of aromatic hydroxyl groups is 1. The van der Waals surface area contributed by atoms with Crippen molar-refractivity contribution in [3.05, 3.63) is 58.1 Å². The molecular weight excluding hydrogens is 296 g/mol. The van der Waals surface area contributed by atoms with E-state index in [1.807, 2.05) is 31.2 Å². The Morgan fingerprint density at radius 1 is 1.27 bits per heavy atom. The molecule has 22 heavy (non-hydrogen) atoms. The third-order valence-corrected chi connectivity index (χ3v) is 4.04. The van der Waals surface area contributed by atoms with E-state index in [4.69, 9.17) is 11.6 Å². The van der Waals surface area contributed by atoms with Crippen LogP contribution in [0.1, 0.15) is 23.6 Å². The molecule has 3 rings (SSSR count). The molecule has 3 aromatic rings. The smallest absolute Gasteiger partial charge is 0.198 e. The van der Waals surface area contributed by atoms with Crippen molar-refractivity contribution in [2.45, 2.75) is 20.3 Å². The summed E-state index contributed by atoms with van der Waals surface area (Å²) >= 11 is 6.05. The van der Waals surface area contributed by atoms with Gasteiger partial charge in [-0.2, -0.15) is 0 Å². The highest BCUT2D eigenvalue weighted by atomic mass is 35.5. The lowest BCUT2D eigenvalue weighted by Gasteiger charge is -2.05. The standard InChI is InChI=1S/C18H17ClN2O/c1-3-12-6-4-5-11(2)17(12)20-10-15-14-9-13(19)7-8-16(14)21-18(15)22/h4-10,21-22H,3H2,1-2H3. The molecule has 0 aliphatic heterocycles. The van der Waals surface area contributed by atoms with Gasteiger partial charge < -0.3 is 10.1 Å². The van der Waals surface area contributed by atoms with Crippen LogP contribution in [0.5, 0.6) is 5.88 Å². The van der Waals surface area contributed by atoms with Crippen molar-refractivity contribution in [2.24, 2.45) is 4.99 Å². The quantitative estimate of drug-likeness (QED) is 0.646. The van der Waals surface area contributed by atoms with Crippen LogP contribution in [0.15, 0.2) is 41.4 Å². The fourth-order valence-corrected chi connectivity index (χ4v) is 2.79. The predicted molar refractivity (Wildman–Crippen MR) is 92.8 cm³/mol. The summed E-state index contributed by atoms with van der Waals surface area (Å²) in [4.78, 5) is 7.55. The molecule has 0 unspecified atom stereocenters. The van der Waals surface area contributed by atoms with Crippen LogP contribution in [-0.2, 0) is 6.42 Å². The van der Waals surface area contributed by atoms with Crippen LogP contribution in [0.2, 0.25) is 5.02 Å². The SMILES string of the molecule is CCc1cccc(C)c1N=Cc1c(O)[nH]c2ccc(Cl)cc12. The van der Waals surface area contributed by atoms with Crippen molar-refractivity contribution >= 4 is 34.4 Å². The fourth-order valence-electron chi connectivity index (χ4n) is 2.62. The largest absolute Gasteiger partial charge is 0.494 e. The number of hydrogen-bond donors (Lipinski definition) is 2. The Kier molecular flexibility index (Phi) is 3.90. The monoisotopic (exact) mass is 312 g/mol. The van der Waals surface area contributed by atoms with Gasteiger partial charge in [0, 0.05) is 22.1 Å². The molecule has 0 spiro atoms. The maximum atomic E-state index is 10.1. The van der Waals surface area contributed by atoms with Crippen molar-refractivity contribution in [2.75, 3.05) is 0 Å². The minimum Gasteiger partial charge on any atom is -0.494 e. The summed E-state index contributed by atoms with van der Waals surface area (Å²) in [5.41, 5.74) is 4.76. The number of aromatic amines is 1. The Labute approximate surface area is 134 Å². The summed E-state index contributed by atoms with van der Waals surface area (Å²) in [7, 11) is 0. The van der Waals surface area contributed by atoms with Crippen LogP contribution in [0, 0.1) is 6.92 Å². The third kappa shape index (κ3) is 2.60. The van der Waals surface area contributed by atoms with E-state index in [1.54, 1.807) is 12.3 Å². The minimum atomic E-state index is 0.104. The first kappa shape index (κ1) is 14.7. The molecule has 0 aliphatic rings. The number of aromatic nitrogens is 1. The molecule has 112 valence electrons. The van der Waals surface area contributed by atoms with Crippen LogP contribution in [-0.4, -0.2) is 16.3 Å². The lowest BCUT2D eigenvalue weighted by atomic mass is 10.1. The molecule has 0 amide bonds. The van der Waals surface area contributed by atoms with Crippen LogP contribution in [0.3, 0.4) is 0 Å². The van der Waals surface area contributed by atoms with Gasteiger partial charge in [0.2, 0.25) is 0 Å². The van der Waals surface area contributed by atoms with Gasteiger partial charge in [0.15, 0.2) is 5.88 Å². The second-order valence-corrected chi connectivity index (χ2v) is 5.71. The van der Waals surface area contributed by atoms with Gasteiger partial charge in [0.25, 0.3) is 0 Å². The molecule has 0 fully saturated rings. The van der Waals surface area contributed by atoms with Crippen molar-refractivity contribution < 1.29 is 5.11 Å². The number of halogens is 1. The minimum absolute atomic E-state index is 0.104. The number of hydrogen-bond acceptors (Lipinski definition) is 2. The summed E-state index contributed by atoms with van der Waals surface area (Å²) in [6, 6.07) is 11.6. The maximum absolute atomic E-state index is 10.1. The van der Waals surface area contributed by atoms with Crippen LogP contribution >= 0.6 is 11.6 Å². The highest BCUT2D eigenvalue weighted by Crippen LogP contribution is 2.30. The first-order chi connectivity index (χ1) is 10.6. The number of rotatable bonds is 3. The van der Waals surface area contributed by atoms with Gasteiger partial charge in [-0.15, -0.1) is 0 Å². The van der Waals surface area contributed by atoms with E-state index >= 15 is 0 Å². The van der Waals surface area contributed by atoms with Crippen LogP contribution in [0.25, 0.3) is 10.9 Å². The molecule has 0 bridgehead atoms. The van der Waals surface area contributed by atoms with E-state index in [0.717, 1.165) is 28.6 Å². The Bertz CT molecular complexity index is 865. The van der Waals surface area contributed by atoms with Gasteiger partial charge in [0.1, 0.15) is 0 Å². The molecule has 1 aromatic heterocycles. The third-order valence-electron chi connectivity index (χ3n) is 3.80. The zero-order valence-electron chi connectivity index (χ0n) is 12.5. The van der Waals surface area contributed by atoms with Crippen molar-refractivity contribution in [1.82, 2.24) is 4.98 Å². The van der Waals surface area contributed by atoms with Gasteiger partial charge in [-0.3, -0.25) is 4.99 Å². The lowest BCUT2D eigenvalue weighted by Crippen LogP contribution is -1.86. The Morgan fingerprint density at radius 3 is 2.86 bits per heavy atom. The molecule has 4 heteroatoms. The van der Waals surface area contributed by atoms with Crippen LogP contribution < -0.4 is 0 Å². The molecule has 0 atom stereocenters. The molecule has 2 N–H and O–H groups in total. The summed E-state index contributed by atoms with van der Waals surface area (Å²) < 4.78 is 0. The molecular formula is C18H17ClN2O. The number of nitrogens with one attached hydrogen (secondary N) is 1. The molecule has 1 heterocycles. The van der Waals surface area contributed by atoms with Crippen molar-refractivity contribution in [3.63, 3.8) is 0 Å². The molecule has 2 aromatic carbocycles. The number of nitrogens with zero attached hydrogens (tertiary/aromatic N) is 1. The van der Waals surface area contributed by atoms with E-state index < -0.39 is 0 Å². The number of benzene rings is 2. The normalized spacial score (nSPS) is 11.6. The number of para-hydroxylation sites is 1. The Hall–Kier alpha value is -2.26. The number of H-pyrrole nitrogens is 1. The summed E-state index contributed by atoms with van der Waals surface area (Å²) in [5, 5.41) is 11.6.